The summed E-state index contributed by atoms with van der Waals surface area (Å²) in [6.45, 7) is 4.18. The summed E-state index contributed by atoms with van der Waals surface area (Å²) in [6.07, 6.45) is 3.77. The number of amides is 5. The first-order chi connectivity index (χ1) is 37.4. The summed E-state index contributed by atoms with van der Waals surface area (Å²) in [7, 11) is -15.6. The van der Waals surface area contributed by atoms with Crippen LogP contribution in [0.4, 0.5) is 0 Å². The number of unbranched alkanes of at least 4 members (excludes halogenated alkanes) is 12. The largest absolute Gasteiger partial charge is 0.480 e. The van der Waals surface area contributed by atoms with Crippen molar-refractivity contribution in [2.24, 2.45) is 0 Å². The number of rotatable bonds is 29. The van der Waals surface area contributed by atoms with E-state index in [1.807, 2.05) is 0 Å². The molecule has 4 bridgehead atoms. The zero-order chi connectivity index (χ0) is 59.7. The second-order valence-corrected chi connectivity index (χ2v) is 23.2. The Labute approximate surface area is 464 Å². The van der Waals surface area contributed by atoms with E-state index in [4.69, 9.17) is 17.8 Å². The van der Waals surface area contributed by atoms with Crippen molar-refractivity contribution in [2.45, 2.75) is 178 Å². The van der Waals surface area contributed by atoms with Crippen LogP contribution >= 0.6 is 0 Å². The highest BCUT2D eigenvalue weighted by Crippen LogP contribution is 2.47. The molecule has 2 aromatic rings. The Balaban J connectivity index is 1.75. The zero-order valence-electron chi connectivity index (χ0n) is 44.6. The Hall–Kier alpha value is -5.77. The van der Waals surface area contributed by atoms with Crippen LogP contribution in [0.15, 0.2) is 30.3 Å². The number of carboxylic acid groups (broad SMARTS) is 1. The molecule has 31 heteroatoms. The molecular formula is C49H73N5O23S3. The summed E-state index contributed by atoms with van der Waals surface area (Å²) in [5.74, 6) is -11.8. The lowest BCUT2D eigenvalue weighted by molar-refractivity contribution is -0.268. The van der Waals surface area contributed by atoms with Crippen molar-refractivity contribution in [1.29, 1.82) is 0 Å². The molecule has 0 aromatic heterocycles. The van der Waals surface area contributed by atoms with E-state index in [9.17, 15) is 88.1 Å². The van der Waals surface area contributed by atoms with Crippen LogP contribution in [-0.2, 0) is 70.8 Å². The van der Waals surface area contributed by atoms with Crippen molar-refractivity contribution in [2.75, 3.05) is 19.3 Å². The molecule has 9 atom stereocenters. The van der Waals surface area contributed by atoms with Crippen LogP contribution in [-0.4, -0.2) is 168 Å². The van der Waals surface area contributed by atoms with Crippen molar-refractivity contribution in [3.63, 3.8) is 0 Å². The minimum Gasteiger partial charge on any atom is -0.480 e. The van der Waals surface area contributed by atoms with Gasteiger partial charge in [0.2, 0.25) is 35.8 Å². The Kier molecular flexibility index (Phi) is 25.3. The number of carbonyl (C=O) groups is 6. The minimum absolute atomic E-state index is 0.0964. The molecule has 2 aromatic carbocycles. The molecule has 0 radical (unpaired) electrons. The van der Waals surface area contributed by atoms with Gasteiger partial charge in [-0.15, -0.1) is 0 Å². The predicted octanol–water partition coefficient (Wildman–Crippen LogP) is 1.41. The fourth-order valence-corrected chi connectivity index (χ4v) is 10.3. The lowest BCUT2D eigenvalue weighted by Crippen LogP contribution is -2.58. The Morgan fingerprint density at radius 1 is 0.725 bits per heavy atom. The standard InChI is InChI=1S/C49H73N5O23S3/c1-5-6-7-8-9-10-11-12-13-14-15-16-17-18-38(55)50-22-21-39(56)52-35(27-78(65,66)67)47(62)54(4)40-31-25-33(44(37(26-31)77-80(71,72)73)75-49-43(59)42(58)41(57)29(3)74-49)32-23-30(19-20-36(32)76-79(68,69)70)24-34(48(63)64)53-45(60)28(2)51-46(40)61/h19-20,23,25-26,28-29,34-35,40-43,49,57-59H,5-18,21-22,24,27H2,1-4H3,(H,50,55)(H,51,61)(H,52,56)(H,53,60)(H,63,64)(H,65,66,67)(H,68,69,70)(H,71,72,73)/t28-,29-,34-,35-,40-,41-,42+,43+,49-/m0/s1. The number of aliphatic carboxylic acids is 1. The van der Waals surface area contributed by atoms with Crippen molar-refractivity contribution in [3.05, 3.63) is 41.5 Å². The molecule has 1 fully saturated rings. The fraction of sp³-hybridized carbons (Fsp3) is 0.633. The highest BCUT2D eigenvalue weighted by molar-refractivity contribution is 7.85. The lowest BCUT2D eigenvalue weighted by atomic mass is 9.93. The first-order valence-electron chi connectivity index (χ1n) is 26.0. The van der Waals surface area contributed by atoms with Crippen LogP contribution in [0.3, 0.4) is 0 Å². The van der Waals surface area contributed by atoms with E-state index in [2.05, 4.69) is 28.2 Å². The molecule has 0 saturated carbocycles. The van der Waals surface area contributed by atoms with Gasteiger partial charge in [0.15, 0.2) is 17.2 Å². The van der Waals surface area contributed by atoms with Crippen LogP contribution in [0, 0.1) is 0 Å². The van der Waals surface area contributed by atoms with Gasteiger partial charge in [-0.05, 0) is 55.7 Å². The number of hydrogen-bond donors (Lipinski definition) is 11. The van der Waals surface area contributed by atoms with Gasteiger partial charge in [-0.3, -0.25) is 37.6 Å². The third-order valence-corrected chi connectivity index (χ3v) is 14.7. The highest BCUT2D eigenvalue weighted by Gasteiger charge is 2.45. The van der Waals surface area contributed by atoms with E-state index in [-0.39, 0.29) is 18.5 Å². The number of nitrogens with one attached hydrogen (secondary N) is 4. The Bertz CT molecular complexity index is 2840. The van der Waals surface area contributed by atoms with Gasteiger partial charge in [-0.25, -0.2) is 4.79 Å². The summed E-state index contributed by atoms with van der Waals surface area (Å²) < 4.78 is 126. The van der Waals surface area contributed by atoms with Gasteiger partial charge < -0.3 is 64.4 Å². The van der Waals surface area contributed by atoms with E-state index in [1.165, 1.54) is 51.9 Å². The van der Waals surface area contributed by atoms with E-state index in [0.29, 0.717) is 17.4 Å². The van der Waals surface area contributed by atoms with Gasteiger partial charge in [-0.1, -0.05) is 90.0 Å². The normalized spacial score (nSPS) is 22.1. The highest BCUT2D eigenvalue weighted by atomic mass is 32.3. The smallest absolute Gasteiger partial charge is 0.446 e. The number of ether oxygens (including phenoxy) is 2. The van der Waals surface area contributed by atoms with E-state index in [1.54, 1.807) is 0 Å². The van der Waals surface area contributed by atoms with E-state index < -0.39 is 174 Å². The monoisotopic (exact) mass is 1200 g/mol. The summed E-state index contributed by atoms with van der Waals surface area (Å²) in [5, 5.41) is 51.4. The number of carbonyl (C=O) groups excluding carboxylic acids is 5. The van der Waals surface area contributed by atoms with Gasteiger partial charge >= 0.3 is 26.8 Å². The third-order valence-electron chi connectivity index (χ3n) is 13.1. The third kappa shape index (κ3) is 21.3. The molecule has 1 saturated heterocycles. The topological polar surface area (TPSA) is 435 Å². The molecule has 2 aliphatic heterocycles. The number of fused-ring (bicyclic) bond motifs is 5. The molecule has 11 N–H and O–H groups in total. The maximum absolute atomic E-state index is 14.6. The van der Waals surface area contributed by atoms with Crippen LogP contribution in [0.2, 0.25) is 0 Å². The van der Waals surface area contributed by atoms with E-state index in [0.717, 1.165) is 70.3 Å². The van der Waals surface area contributed by atoms with Crippen molar-refractivity contribution < 1.29 is 106 Å². The number of likely N-dealkylation sites (N-methyl/N-ethyl adjacent to an activating group) is 1. The summed E-state index contributed by atoms with van der Waals surface area (Å²) in [5.41, 5.74) is -2.16. The number of nitrogens with zero attached hydrogens (tertiary/aromatic N) is 1. The molecule has 0 unspecified atom stereocenters. The number of hydrogen-bond acceptors (Lipinski definition) is 19. The van der Waals surface area contributed by atoms with Gasteiger partial charge in [0, 0.05) is 44.0 Å². The van der Waals surface area contributed by atoms with Gasteiger partial charge in [0.25, 0.3) is 10.1 Å². The van der Waals surface area contributed by atoms with Gasteiger partial charge in [0.05, 0.1) is 6.10 Å². The maximum atomic E-state index is 14.6. The summed E-state index contributed by atoms with van der Waals surface area (Å²) >= 11 is 0. The quantitative estimate of drug-likeness (QED) is 0.0405. The second-order valence-electron chi connectivity index (χ2n) is 19.7. The molecule has 0 aliphatic carbocycles. The Morgan fingerprint density at radius 3 is 1.86 bits per heavy atom. The van der Waals surface area contributed by atoms with Crippen LogP contribution in [0.1, 0.15) is 134 Å². The SMILES string of the molecule is CCCCCCCCCCCCCCCC(=O)NCCC(=O)N[C@@H](CS(=O)(=O)O)C(=O)N(C)[C@@H]1C(=O)N[C@@H](C)C(=O)N[C@H](C(=O)O)Cc2ccc(OS(=O)(=O)O)c(c2)-c2cc1cc(OS(=O)(=O)O)c2O[C@@H]1O[C@@H](C)[C@H](O)[C@@H](O)[C@H]1O. The van der Waals surface area contributed by atoms with Crippen LogP contribution in [0.5, 0.6) is 17.2 Å². The summed E-state index contributed by atoms with van der Waals surface area (Å²) in [6, 6.07) is -3.80. The first-order valence-corrected chi connectivity index (χ1v) is 30.4. The molecule has 5 amide bonds. The maximum Gasteiger partial charge on any atom is 0.446 e. The van der Waals surface area contributed by atoms with Crippen molar-refractivity contribution in [3.8, 4) is 28.4 Å². The van der Waals surface area contributed by atoms with Crippen LogP contribution in [0.25, 0.3) is 11.1 Å². The Morgan fingerprint density at radius 2 is 1.30 bits per heavy atom. The molecule has 2 aliphatic rings. The minimum atomic E-state index is -5.75. The molecule has 2 heterocycles. The number of carboxylic acids is 1. The second kappa shape index (κ2) is 30.3. The molecule has 0 spiro atoms. The molecule has 4 rings (SSSR count). The first kappa shape index (κ1) is 66.7. The fourth-order valence-electron chi connectivity index (χ4n) is 8.98. The van der Waals surface area contributed by atoms with Crippen molar-refractivity contribution >= 4 is 66.4 Å². The van der Waals surface area contributed by atoms with Gasteiger partial charge in [0.1, 0.15) is 48.2 Å². The van der Waals surface area contributed by atoms with Gasteiger partial charge in [-0.2, -0.15) is 25.3 Å². The predicted molar refractivity (Wildman–Crippen MR) is 282 cm³/mol. The molecular weight excluding hydrogens is 1120 g/mol. The number of aliphatic hydroxyl groups excluding tert-OH is 3. The van der Waals surface area contributed by atoms with E-state index >= 15 is 0 Å². The van der Waals surface area contributed by atoms with Crippen molar-refractivity contribution in [1.82, 2.24) is 26.2 Å². The lowest BCUT2D eigenvalue weighted by Gasteiger charge is -2.39. The zero-order valence-corrected chi connectivity index (χ0v) is 47.1. The van der Waals surface area contributed by atoms with Crippen LogP contribution < -0.4 is 34.4 Å². The molecule has 28 nitrogen and oxygen atoms in total. The average molecular weight is 1200 g/mol. The summed E-state index contributed by atoms with van der Waals surface area (Å²) in [4.78, 5) is 81.7. The average Bonchev–Trinajstić information content (AvgIpc) is 3.35. The number of aliphatic hydroxyl groups is 3. The molecule has 450 valence electrons. The molecule has 80 heavy (non-hydrogen) atoms. The number of benzene rings is 2.